The molecule has 1 aliphatic heterocycles. The Balaban J connectivity index is 1.82. The van der Waals surface area contributed by atoms with Crippen LogP contribution in [0.4, 0.5) is 11.4 Å². The van der Waals surface area contributed by atoms with Crippen LogP contribution in [0.1, 0.15) is 26.3 Å². The van der Waals surface area contributed by atoms with Gasteiger partial charge < -0.3 is 14.8 Å². The first-order valence-electron chi connectivity index (χ1n) is 9.92. The minimum Gasteiger partial charge on any atom is -0.490 e. The van der Waals surface area contributed by atoms with Crippen molar-refractivity contribution < 1.29 is 22.7 Å². The molecule has 1 atom stereocenters. The van der Waals surface area contributed by atoms with Crippen LogP contribution in [0, 0.1) is 0 Å². The summed E-state index contributed by atoms with van der Waals surface area (Å²) in [6.07, 6.45) is 1.79. The lowest BCUT2D eigenvalue weighted by Gasteiger charge is -2.35. The molecule has 2 aromatic rings. The van der Waals surface area contributed by atoms with Gasteiger partial charge in [-0.25, -0.2) is 8.42 Å². The van der Waals surface area contributed by atoms with Crippen molar-refractivity contribution in [2.45, 2.75) is 32.3 Å². The predicted molar refractivity (Wildman–Crippen MR) is 123 cm³/mol. The van der Waals surface area contributed by atoms with Crippen LogP contribution in [-0.4, -0.2) is 39.8 Å². The second-order valence-corrected chi connectivity index (χ2v) is 10.4. The average molecular weight is 445 g/mol. The summed E-state index contributed by atoms with van der Waals surface area (Å²) < 4.78 is 37.5. The number of sulfonamides is 1. The number of carbonyl (C=O) groups is 1. The molecule has 8 heteroatoms. The van der Waals surface area contributed by atoms with Crippen molar-refractivity contribution in [3.63, 3.8) is 0 Å². The second kappa shape index (κ2) is 8.63. The van der Waals surface area contributed by atoms with Gasteiger partial charge in [0.25, 0.3) is 5.91 Å². The SMILES string of the molecule is C=CCOc1ccc(NC(=O)[C@@H]2CN(S(C)(=O)=O)c3cc(C(C)(C)C)ccc3O2)cc1. The summed E-state index contributed by atoms with van der Waals surface area (Å²) in [5, 5.41) is 2.77. The van der Waals surface area contributed by atoms with Gasteiger partial charge in [0.05, 0.1) is 18.5 Å². The highest BCUT2D eigenvalue weighted by Gasteiger charge is 2.35. The van der Waals surface area contributed by atoms with Crippen molar-refractivity contribution in [3.05, 3.63) is 60.7 Å². The molecule has 7 nitrogen and oxygen atoms in total. The average Bonchev–Trinajstić information content (AvgIpc) is 2.70. The molecule has 0 bridgehead atoms. The van der Waals surface area contributed by atoms with Crippen LogP contribution in [-0.2, 0) is 20.2 Å². The van der Waals surface area contributed by atoms with E-state index in [9.17, 15) is 13.2 Å². The first-order chi connectivity index (χ1) is 14.5. The molecule has 166 valence electrons. The quantitative estimate of drug-likeness (QED) is 0.687. The summed E-state index contributed by atoms with van der Waals surface area (Å²) in [5.74, 6) is 0.579. The van der Waals surface area contributed by atoms with Crippen LogP contribution in [0.5, 0.6) is 11.5 Å². The van der Waals surface area contributed by atoms with E-state index in [-0.39, 0.29) is 12.0 Å². The fraction of sp³-hybridized carbons (Fsp3) is 0.348. The fourth-order valence-electron chi connectivity index (χ4n) is 3.18. The molecule has 0 aliphatic carbocycles. The van der Waals surface area contributed by atoms with Crippen LogP contribution in [0.3, 0.4) is 0 Å². The van der Waals surface area contributed by atoms with E-state index in [0.29, 0.717) is 29.5 Å². The third-order valence-corrected chi connectivity index (χ3v) is 6.02. The number of nitrogens with zero attached hydrogens (tertiary/aromatic N) is 1. The van der Waals surface area contributed by atoms with E-state index in [1.54, 1.807) is 36.4 Å². The van der Waals surface area contributed by atoms with Crippen molar-refractivity contribution in [1.82, 2.24) is 0 Å². The Kier molecular flexibility index (Phi) is 6.31. The van der Waals surface area contributed by atoms with Gasteiger partial charge in [-0.2, -0.15) is 0 Å². The smallest absolute Gasteiger partial charge is 0.267 e. The highest BCUT2D eigenvalue weighted by molar-refractivity contribution is 7.92. The third-order valence-electron chi connectivity index (χ3n) is 4.88. The summed E-state index contributed by atoms with van der Waals surface area (Å²) in [6, 6.07) is 12.3. The van der Waals surface area contributed by atoms with Gasteiger partial charge in [-0.3, -0.25) is 9.10 Å². The monoisotopic (exact) mass is 444 g/mol. The molecule has 2 aromatic carbocycles. The number of nitrogens with one attached hydrogen (secondary N) is 1. The molecule has 1 heterocycles. The largest absolute Gasteiger partial charge is 0.490 e. The summed E-state index contributed by atoms with van der Waals surface area (Å²) in [7, 11) is -3.61. The van der Waals surface area contributed by atoms with Gasteiger partial charge in [-0.15, -0.1) is 0 Å². The van der Waals surface area contributed by atoms with Crippen LogP contribution in [0.2, 0.25) is 0 Å². The highest BCUT2D eigenvalue weighted by atomic mass is 32.2. The zero-order valence-electron chi connectivity index (χ0n) is 18.2. The second-order valence-electron chi connectivity index (χ2n) is 8.45. The molecular formula is C23H28N2O5S. The number of ether oxygens (including phenoxy) is 2. The molecule has 1 amide bonds. The Morgan fingerprint density at radius 2 is 1.94 bits per heavy atom. The zero-order chi connectivity index (χ0) is 22.8. The van der Waals surface area contributed by atoms with Crippen LogP contribution in [0.25, 0.3) is 0 Å². The molecule has 0 saturated heterocycles. The van der Waals surface area contributed by atoms with Crippen molar-refractivity contribution in [3.8, 4) is 11.5 Å². The normalized spacial score (nSPS) is 16.1. The van der Waals surface area contributed by atoms with Gasteiger partial charge in [0.2, 0.25) is 10.0 Å². The van der Waals surface area contributed by atoms with E-state index in [0.717, 1.165) is 11.8 Å². The topological polar surface area (TPSA) is 84.9 Å². The standard InChI is InChI=1S/C23H28N2O5S/c1-6-13-29-18-10-8-17(9-11-18)24-22(26)21-15-25(31(5,27)28)19-14-16(23(2,3)4)7-12-20(19)30-21/h6-12,14,21H,1,13,15H2,2-5H3,(H,24,26)/t21-/m0/s1. The summed E-state index contributed by atoms with van der Waals surface area (Å²) >= 11 is 0. The minimum atomic E-state index is -3.61. The number of fused-ring (bicyclic) bond motifs is 1. The van der Waals surface area contributed by atoms with E-state index in [4.69, 9.17) is 9.47 Å². The maximum atomic E-state index is 12.8. The molecule has 31 heavy (non-hydrogen) atoms. The summed E-state index contributed by atoms with van der Waals surface area (Å²) in [4.78, 5) is 12.8. The maximum absolute atomic E-state index is 12.8. The van der Waals surface area contributed by atoms with Crippen LogP contribution >= 0.6 is 0 Å². The molecular weight excluding hydrogens is 416 g/mol. The number of amides is 1. The highest BCUT2D eigenvalue weighted by Crippen LogP contribution is 2.38. The van der Waals surface area contributed by atoms with Gasteiger partial charge in [-0.1, -0.05) is 39.5 Å². The molecule has 1 aliphatic rings. The van der Waals surface area contributed by atoms with E-state index in [2.05, 4.69) is 11.9 Å². The Bertz CT molecular complexity index is 1070. The Morgan fingerprint density at radius 1 is 1.26 bits per heavy atom. The number of benzene rings is 2. The first kappa shape index (κ1) is 22.7. The lowest BCUT2D eigenvalue weighted by molar-refractivity contribution is -0.122. The molecule has 0 saturated carbocycles. The van der Waals surface area contributed by atoms with E-state index in [1.165, 1.54) is 4.31 Å². The molecule has 0 unspecified atom stereocenters. The molecule has 3 rings (SSSR count). The van der Waals surface area contributed by atoms with Gasteiger partial charge in [0, 0.05) is 5.69 Å². The Hall–Kier alpha value is -3.00. The van der Waals surface area contributed by atoms with Gasteiger partial charge in [0.1, 0.15) is 18.1 Å². The zero-order valence-corrected chi connectivity index (χ0v) is 19.0. The van der Waals surface area contributed by atoms with E-state index < -0.39 is 22.0 Å². The first-order valence-corrected chi connectivity index (χ1v) is 11.8. The van der Waals surface area contributed by atoms with E-state index in [1.807, 2.05) is 32.9 Å². The summed E-state index contributed by atoms with van der Waals surface area (Å²) in [5.41, 5.74) is 1.82. The molecule has 0 fully saturated rings. The number of rotatable bonds is 6. The number of anilines is 2. The van der Waals surface area contributed by atoms with Gasteiger partial charge >= 0.3 is 0 Å². The van der Waals surface area contributed by atoms with Crippen molar-refractivity contribution in [2.75, 3.05) is 29.0 Å². The molecule has 1 N–H and O–H groups in total. The van der Waals surface area contributed by atoms with Crippen molar-refractivity contribution in [1.29, 1.82) is 0 Å². The third kappa shape index (κ3) is 5.38. The Morgan fingerprint density at radius 3 is 2.52 bits per heavy atom. The molecule has 0 aromatic heterocycles. The number of hydrogen-bond donors (Lipinski definition) is 1. The predicted octanol–water partition coefficient (Wildman–Crippen LogP) is 3.71. The summed E-state index contributed by atoms with van der Waals surface area (Å²) in [6.45, 7) is 10.0. The van der Waals surface area contributed by atoms with Gasteiger partial charge in [0.15, 0.2) is 6.10 Å². The van der Waals surface area contributed by atoms with Crippen LogP contribution in [0.15, 0.2) is 55.1 Å². The number of carbonyl (C=O) groups excluding carboxylic acids is 1. The Labute approximate surface area is 183 Å². The van der Waals surface area contributed by atoms with Crippen molar-refractivity contribution in [2.24, 2.45) is 0 Å². The lowest BCUT2D eigenvalue weighted by atomic mass is 9.86. The fourth-order valence-corrected chi connectivity index (χ4v) is 4.09. The van der Waals surface area contributed by atoms with E-state index >= 15 is 0 Å². The van der Waals surface area contributed by atoms with Gasteiger partial charge in [-0.05, 0) is 47.4 Å². The van der Waals surface area contributed by atoms with Crippen molar-refractivity contribution >= 4 is 27.3 Å². The van der Waals surface area contributed by atoms with Crippen LogP contribution < -0.4 is 19.1 Å². The molecule has 0 radical (unpaired) electrons. The number of hydrogen-bond acceptors (Lipinski definition) is 5. The lowest BCUT2D eigenvalue weighted by Crippen LogP contribution is -2.48. The molecule has 0 spiro atoms. The minimum absolute atomic E-state index is 0.105. The maximum Gasteiger partial charge on any atom is 0.267 e.